The van der Waals surface area contributed by atoms with E-state index in [1.807, 2.05) is 6.07 Å². The van der Waals surface area contributed by atoms with Crippen LogP contribution in [0.5, 0.6) is 0 Å². The third kappa shape index (κ3) is 3.22. The first-order valence-electron chi connectivity index (χ1n) is 6.36. The molecule has 2 aromatic rings. The minimum Gasteiger partial charge on any atom is -0.342 e. The lowest BCUT2D eigenvalue weighted by Gasteiger charge is -2.10. The molecule has 0 bridgehead atoms. The van der Waals surface area contributed by atoms with Crippen LogP contribution in [0.4, 0.5) is 4.39 Å². The molecule has 1 unspecified atom stereocenters. The molecule has 0 amide bonds. The van der Waals surface area contributed by atoms with Gasteiger partial charge in [-0.05, 0) is 24.6 Å². The Bertz CT molecular complexity index is 553. The molecule has 0 saturated heterocycles. The van der Waals surface area contributed by atoms with Gasteiger partial charge in [0, 0.05) is 22.5 Å². The summed E-state index contributed by atoms with van der Waals surface area (Å²) in [5.41, 5.74) is 6.96. The van der Waals surface area contributed by atoms with Crippen LogP contribution in [0, 0.1) is 5.82 Å². The van der Waals surface area contributed by atoms with Crippen LogP contribution in [0.15, 0.2) is 28.9 Å². The maximum atomic E-state index is 13.9. The summed E-state index contributed by atoms with van der Waals surface area (Å²) in [7, 11) is 0. The van der Waals surface area contributed by atoms with Crippen molar-refractivity contribution in [3.63, 3.8) is 0 Å². The van der Waals surface area contributed by atoms with Crippen LogP contribution >= 0.6 is 15.9 Å². The predicted octanol–water partition coefficient (Wildman–Crippen LogP) is 3.82. The summed E-state index contributed by atoms with van der Waals surface area (Å²) < 4.78 is 14.6. The molecule has 19 heavy (non-hydrogen) atoms. The molecule has 5 heteroatoms. The maximum absolute atomic E-state index is 13.9. The Morgan fingerprint density at radius 3 is 2.89 bits per heavy atom. The fraction of sp³-hybridized carbons (Fsp3) is 0.357. The molecule has 0 aliphatic heterocycles. The van der Waals surface area contributed by atoms with E-state index in [9.17, 15) is 4.39 Å². The molecule has 1 aromatic heterocycles. The van der Waals surface area contributed by atoms with Crippen LogP contribution in [0.3, 0.4) is 0 Å². The Hall–Kier alpha value is -1.20. The fourth-order valence-corrected chi connectivity index (χ4v) is 2.44. The van der Waals surface area contributed by atoms with Crippen molar-refractivity contribution in [1.82, 2.24) is 9.97 Å². The van der Waals surface area contributed by atoms with Gasteiger partial charge in [-0.25, -0.2) is 9.37 Å². The predicted molar refractivity (Wildman–Crippen MR) is 78.4 cm³/mol. The third-order valence-corrected chi connectivity index (χ3v) is 3.62. The molecule has 2 rings (SSSR count). The lowest BCUT2D eigenvalue weighted by molar-refractivity contribution is 0.594. The number of imidazole rings is 1. The van der Waals surface area contributed by atoms with Crippen LogP contribution in [0.25, 0.3) is 11.3 Å². The molecule has 0 aliphatic rings. The molecule has 3 N–H and O–H groups in total. The normalized spacial score (nSPS) is 12.6. The van der Waals surface area contributed by atoms with E-state index in [1.54, 1.807) is 12.3 Å². The first-order chi connectivity index (χ1) is 9.15. The summed E-state index contributed by atoms with van der Waals surface area (Å²) in [5.74, 6) is 0.767. The topological polar surface area (TPSA) is 54.7 Å². The molecule has 1 heterocycles. The number of hydrogen-bond donors (Lipinski definition) is 2. The average Bonchev–Trinajstić information content (AvgIpc) is 2.85. The van der Waals surface area contributed by atoms with Crippen LogP contribution < -0.4 is 5.73 Å². The zero-order valence-electron chi connectivity index (χ0n) is 10.8. The lowest BCUT2D eigenvalue weighted by Crippen LogP contribution is -2.13. The molecule has 0 aliphatic carbocycles. The highest BCUT2D eigenvalue weighted by molar-refractivity contribution is 9.10. The second kappa shape index (κ2) is 6.30. The van der Waals surface area contributed by atoms with Gasteiger partial charge < -0.3 is 10.7 Å². The van der Waals surface area contributed by atoms with E-state index in [2.05, 4.69) is 32.8 Å². The monoisotopic (exact) mass is 325 g/mol. The molecule has 0 fully saturated rings. The Balaban J connectivity index is 2.29. The number of rotatable bonds is 5. The van der Waals surface area contributed by atoms with Gasteiger partial charge in [0.15, 0.2) is 0 Å². The number of H-pyrrole nitrogens is 1. The van der Waals surface area contributed by atoms with Crippen molar-refractivity contribution in [1.29, 1.82) is 0 Å². The number of nitrogens with two attached hydrogens (primary N) is 1. The second-order valence-corrected chi connectivity index (χ2v) is 5.44. The summed E-state index contributed by atoms with van der Waals surface area (Å²) in [5, 5.41) is 0. The molecule has 1 atom stereocenters. The molecule has 1 aromatic carbocycles. The highest BCUT2D eigenvalue weighted by atomic mass is 79.9. The largest absolute Gasteiger partial charge is 0.342 e. The van der Waals surface area contributed by atoms with Gasteiger partial charge in [-0.2, -0.15) is 0 Å². The number of aromatic nitrogens is 2. The fourth-order valence-electron chi connectivity index (χ4n) is 2.10. The Morgan fingerprint density at radius 1 is 1.47 bits per heavy atom. The minimum absolute atomic E-state index is 0.206. The van der Waals surface area contributed by atoms with Crippen LogP contribution in [0.1, 0.15) is 31.5 Å². The van der Waals surface area contributed by atoms with Gasteiger partial charge in [-0.15, -0.1) is 0 Å². The number of benzene rings is 1. The first-order valence-corrected chi connectivity index (χ1v) is 7.15. The first kappa shape index (κ1) is 14.2. The van der Waals surface area contributed by atoms with E-state index in [-0.39, 0.29) is 11.7 Å². The summed E-state index contributed by atoms with van der Waals surface area (Å²) in [6.07, 6.45) is 3.69. The number of nitrogens with zero attached hydrogens (tertiary/aromatic N) is 1. The van der Waals surface area contributed by atoms with Crippen molar-refractivity contribution in [2.75, 3.05) is 6.54 Å². The van der Waals surface area contributed by atoms with Crippen molar-refractivity contribution in [2.45, 2.75) is 25.7 Å². The smallest absolute Gasteiger partial charge is 0.133 e. The van der Waals surface area contributed by atoms with Crippen LogP contribution in [0.2, 0.25) is 0 Å². The van der Waals surface area contributed by atoms with Gasteiger partial charge in [0.05, 0.1) is 11.9 Å². The van der Waals surface area contributed by atoms with Gasteiger partial charge in [0.2, 0.25) is 0 Å². The Morgan fingerprint density at radius 2 is 2.26 bits per heavy atom. The van der Waals surface area contributed by atoms with E-state index in [0.29, 0.717) is 17.8 Å². The van der Waals surface area contributed by atoms with Crippen molar-refractivity contribution >= 4 is 15.9 Å². The van der Waals surface area contributed by atoms with Crippen molar-refractivity contribution < 1.29 is 4.39 Å². The zero-order valence-corrected chi connectivity index (χ0v) is 12.4. The number of hydrogen-bond acceptors (Lipinski definition) is 2. The summed E-state index contributed by atoms with van der Waals surface area (Å²) in [6, 6.07) is 4.99. The minimum atomic E-state index is -0.274. The molecular weight excluding hydrogens is 309 g/mol. The van der Waals surface area contributed by atoms with Gasteiger partial charge in [0.25, 0.3) is 0 Å². The Labute approximate surface area is 120 Å². The number of nitrogens with one attached hydrogen (secondary N) is 1. The van der Waals surface area contributed by atoms with Crippen LogP contribution in [-0.2, 0) is 0 Å². The molecule has 102 valence electrons. The van der Waals surface area contributed by atoms with E-state index >= 15 is 0 Å². The quantitative estimate of drug-likeness (QED) is 0.877. The molecule has 3 nitrogen and oxygen atoms in total. The maximum Gasteiger partial charge on any atom is 0.133 e. The molecular formula is C14H17BrFN3. The van der Waals surface area contributed by atoms with Gasteiger partial charge in [-0.1, -0.05) is 29.3 Å². The molecule has 0 radical (unpaired) electrons. The summed E-state index contributed by atoms with van der Waals surface area (Å²) in [6.45, 7) is 2.66. The van der Waals surface area contributed by atoms with E-state index in [4.69, 9.17) is 5.73 Å². The second-order valence-electron chi connectivity index (χ2n) is 4.53. The van der Waals surface area contributed by atoms with Crippen molar-refractivity contribution in [3.8, 4) is 11.3 Å². The van der Waals surface area contributed by atoms with Crippen molar-refractivity contribution in [2.24, 2.45) is 5.73 Å². The molecule has 0 saturated carbocycles. The zero-order chi connectivity index (χ0) is 13.8. The highest BCUT2D eigenvalue weighted by Gasteiger charge is 2.14. The van der Waals surface area contributed by atoms with E-state index in [0.717, 1.165) is 23.1 Å². The van der Waals surface area contributed by atoms with Gasteiger partial charge >= 0.3 is 0 Å². The van der Waals surface area contributed by atoms with Crippen molar-refractivity contribution in [3.05, 3.63) is 40.5 Å². The average molecular weight is 326 g/mol. The van der Waals surface area contributed by atoms with Gasteiger partial charge in [0.1, 0.15) is 11.6 Å². The lowest BCUT2D eigenvalue weighted by atomic mass is 10.0. The molecule has 0 spiro atoms. The highest BCUT2D eigenvalue weighted by Crippen LogP contribution is 2.26. The van der Waals surface area contributed by atoms with Gasteiger partial charge in [-0.3, -0.25) is 0 Å². The van der Waals surface area contributed by atoms with Crippen LogP contribution in [-0.4, -0.2) is 16.5 Å². The number of halogens is 2. The summed E-state index contributed by atoms with van der Waals surface area (Å²) in [4.78, 5) is 7.51. The SMILES string of the molecule is CCCC(CN)c1ncc(-c2ccc(Br)cc2F)[nH]1. The summed E-state index contributed by atoms with van der Waals surface area (Å²) >= 11 is 3.25. The standard InChI is InChI=1S/C14H17BrFN3/c1-2-3-9(7-17)14-18-8-13(19-14)11-5-4-10(15)6-12(11)16/h4-6,8-9H,2-3,7,17H2,1H3,(H,18,19). The van der Waals surface area contributed by atoms with E-state index < -0.39 is 0 Å². The number of aromatic amines is 1. The Kier molecular flexibility index (Phi) is 4.71. The van der Waals surface area contributed by atoms with E-state index in [1.165, 1.54) is 6.07 Å². The third-order valence-electron chi connectivity index (χ3n) is 3.13.